The second-order valence-electron chi connectivity index (χ2n) is 6.96. The van der Waals surface area contributed by atoms with E-state index < -0.39 is 38.6 Å². The molecule has 2 aromatic rings. The molecule has 1 heterocycles. The zero-order valence-electron chi connectivity index (χ0n) is 16.4. The standard InChI is InChI=1S/C20H20F4N2O4S/c1-13(31(28,29)16-5-3-15(21)4-6-16)19(27)25-17-12-14(20(22,23)24)2-7-18(17)26-8-10-30-11-9-26/h2-7,12-13H,8-11H2,1H3,(H,25,27). The molecule has 1 aliphatic heterocycles. The Labute approximate surface area is 176 Å². The Morgan fingerprint density at radius 3 is 2.29 bits per heavy atom. The summed E-state index contributed by atoms with van der Waals surface area (Å²) in [5, 5.41) is 0.712. The predicted octanol–water partition coefficient (Wildman–Crippen LogP) is 3.48. The number of amides is 1. The number of halogens is 4. The average Bonchev–Trinajstić information content (AvgIpc) is 2.73. The molecule has 0 spiro atoms. The Hall–Kier alpha value is -2.66. The molecule has 31 heavy (non-hydrogen) atoms. The van der Waals surface area contributed by atoms with E-state index in [1.807, 2.05) is 0 Å². The highest BCUT2D eigenvalue weighted by Crippen LogP contribution is 2.36. The van der Waals surface area contributed by atoms with Crippen molar-refractivity contribution >= 4 is 27.1 Å². The molecule has 1 saturated heterocycles. The normalized spacial score (nSPS) is 16.1. The van der Waals surface area contributed by atoms with Crippen molar-refractivity contribution < 1.29 is 35.5 Å². The number of hydrogen-bond acceptors (Lipinski definition) is 5. The summed E-state index contributed by atoms with van der Waals surface area (Å²) in [6, 6.07) is 6.86. The van der Waals surface area contributed by atoms with Crippen LogP contribution in [0.3, 0.4) is 0 Å². The third-order valence-corrected chi connectivity index (χ3v) is 6.98. The third kappa shape index (κ3) is 5.16. The quantitative estimate of drug-likeness (QED) is 0.546. The zero-order chi connectivity index (χ0) is 22.8. The molecule has 0 aromatic heterocycles. The molecule has 3 rings (SSSR count). The minimum absolute atomic E-state index is 0.150. The number of carbonyl (C=O) groups is 1. The van der Waals surface area contributed by atoms with E-state index in [0.29, 0.717) is 32.0 Å². The lowest BCUT2D eigenvalue weighted by Crippen LogP contribution is -2.38. The molecular weight excluding hydrogens is 440 g/mol. The Bertz CT molecular complexity index is 1050. The van der Waals surface area contributed by atoms with Gasteiger partial charge >= 0.3 is 6.18 Å². The van der Waals surface area contributed by atoms with Crippen LogP contribution in [0.5, 0.6) is 0 Å². The van der Waals surface area contributed by atoms with Crippen LogP contribution in [0.2, 0.25) is 0 Å². The van der Waals surface area contributed by atoms with Crippen LogP contribution in [0.1, 0.15) is 12.5 Å². The molecule has 2 aromatic carbocycles. The van der Waals surface area contributed by atoms with Crippen molar-refractivity contribution in [1.82, 2.24) is 0 Å². The van der Waals surface area contributed by atoms with Crippen molar-refractivity contribution in [1.29, 1.82) is 0 Å². The van der Waals surface area contributed by atoms with Gasteiger partial charge in [0.05, 0.1) is 35.0 Å². The van der Waals surface area contributed by atoms with E-state index in [0.717, 1.165) is 43.3 Å². The van der Waals surface area contributed by atoms with Crippen LogP contribution >= 0.6 is 0 Å². The first-order valence-electron chi connectivity index (χ1n) is 9.34. The number of benzene rings is 2. The van der Waals surface area contributed by atoms with Gasteiger partial charge in [0.1, 0.15) is 11.1 Å². The fourth-order valence-corrected chi connectivity index (χ4v) is 4.36. The minimum atomic E-state index is -4.64. The predicted molar refractivity (Wildman–Crippen MR) is 106 cm³/mol. The van der Waals surface area contributed by atoms with Crippen molar-refractivity contribution in [2.75, 3.05) is 36.5 Å². The monoisotopic (exact) mass is 460 g/mol. The average molecular weight is 460 g/mol. The summed E-state index contributed by atoms with van der Waals surface area (Å²) in [7, 11) is -4.19. The van der Waals surface area contributed by atoms with Crippen LogP contribution in [-0.4, -0.2) is 45.9 Å². The van der Waals surface area contributed by atoms with Gasteiger partial charge in [-0.3, -0.25) is 4.79 Å². The summed E-state index contributed by atoms with van der Waals surface area (Å²) in [5.41, 5.74) is -0.798. The highest BCUT2D eigenvalue weighted by Gasteiger charge is 2.34. The number of alkyl halides is 3. The summed E-state index contributed by atoms with van der Waals surface area (Å²) in [5.74, 6) is -1.65. The van der Waals surface area contributed by atoms with Gasteiger partial charge in [-0.25, -0.2) is 12.8 Å². The first-order chi connectivity index (χ1) is 14.5. The Morgan fingerprint density at radius 1 is 1.10 bits per heavy atom. The zero-order valence-corrected chi connectivity index (χ0v) is 17.3. The van der Waals surface area contributed by atoms with Crippen LogP contribution < -0.4 is 10.2 Å². The maximum Gasteiger partial charge on any atom is 0.416 e. The fraction of sp³-hybridized carbons (Fsp3) is 0.350. The Kier molecular flexibility index (Phi) is 6.56. The second-order valence-corrected chi connectivity index (χ2v) is 9.23. The molecule has 1 fully saturated rings. The second kappa shape index (κ2) is 8.83. The SMILES string of the molecule is CC(C(=O)Nc1cc(C(F)(F)F)ccc1N1CCOCC1)S(=O)(=O)c1ccc(F)cc1. The third-order valence-electron chi connectivity index (χ3n) is 4.91. The highest BCUT2D eigenvalue weighted by molar-refractivity contribution is 7.92. The maximum atomic E-state index is 13.2. The molecule has 0 radical (unpaired) electrons. The minimum Gasteiger partial charge on any atom is -0.378 e. The van der Waals surface area contributed by atoms with Crippen molar-refractivity contribution in [3.8, 4) is 0 Å². The van der Waals surface area contributed by atoms with Gasteiger partial charge < -0.3 is 15.0 Å². The topological polar surface area (TPSA) is 75.7 Å². The molecule has 1 aliphatic rings. The number of carbonyl (C=O) groups excluding carboxylic acids is 1. The molecule has 0 bridgehead atoms. The van der Waals surface area contributed by atoms with E-state index in [9.17, 15) is 30.8 Å². The number of nitrogens with one attached hydrogen (secondary N) is 1. The molecular formula is C20H20F4N2O4S. The van der Waals surface area contributed by atoms with E-state index >= 15 is 0 Å². The fourth-order valence-electron chi connectivity index (χ4n) is 3.10. The number of ether oxygens (including phenoxy) is 1. The summed E-state index contributed by atoms with van der Waals surface area (Å²) in [4.78, 5) is 14.2. The summed E-state index contributed by atoms with van der Waals surface area (Å²) < 4.78 is 83.4. The van der Waals surface area contributed by atoms with Gasteiger partial charge in [0.25, 0.3) is 0 Å². The van der Waals surface area contributed by atoms with Gasteiger partial charge in [-0.15, -0.1) is 0 Å². The number of morpholine rings is 1. The van der Waals surface area contributed by atoms with Crippen LogP contribution in [0, 0.1) is 5.82 Å². The highest BCUT2D eigenvalue weighted by atomic mass is 32.2. The van der Waals surface area contributed by atoms with Crippen LogP contribution in [-0.2, 0) is 25.5 Å². The number of sulfone groups is 1. The van der Waals surface area contributed by atoms with E-state index in [1.165, 1.54) is 6.07 Å². The number of hydrogen-bond donors (Lipinski definition) is 1. The van der Waals surface area contributed by atoms with Crippen molar-refractivity contribution in [3.63, 3.8) is 0 Å². The first kappa shape index (κ1) is 23.0. The van der Waals surface area contributed by atoms with E-state index in [-0.39, 0.29) is 10.6 Å². The van der Waals surface area contributed by atoms with Gasteiger partial charge in [-0.05, 0) is 49.4 Å². The van der Waals surface area contributed by atoms with Crippen LogP contribution in [0.25, 0.3) is 0 Å². The van der Waals surface area contributed by atoms with Gasteiger partial charge in [-0.2, -0.15) is 13.2 Å². The van der Waals surface area contributed by atoms with Crippen molar-refractivity contribution in [2.45, 2.75) is 23.2 Å². The lowest BCUT2D eigenvalue weighted by Gasteiger charge is -2.31. The first-order valence-corrected chi connectivity index (χ1v) is 10.9. The van der Waals surface area contributed by atoms with E-state index in [1.54, 1.807) is 4.90 Å². The Morgan fingerprint density at radius 2 is 1.71 bits per heavy atom. The van der Waals surface area contributed by atoms with Gasteiger partial charge in [0.2, 0.25) is 5.91 Å². The summed E-state index contributed by atoms with van der Waals surface area (Å²) in [6.45, 7) is 2.65. The number of nitrogens with zero attached hydrogens (tertiary/aromatic N) is 1. The lowest BCUT2D eigenvalue weighted by atomic mass is 10.1. The molecule has 6 nitrogen and oxygen atoms in total. The molecule has 168 valence electrons. The molecule has 11 heteroatoms. The molecule has 0 aliphatic carbocycles. The molecule has 1 atom stereocenters. The molecule has 0 saturated carbocycles. The van der Waals surface area contributed by atoms with Gasteiger partial charge in [-0.1, -0.05) is 0 Å². The number of anilines is 2. The largest absolute Gasteiger partial charge is 0.416 e. The van der Waals surface area contributed by atoms with E-state index in [4.69, 9.17) is 4.74 Å². The van der Waals surface area contributed by atoms with E-state index in [2.05, 4.69) is 5.32 Å². The van der Waals surface area contributed by atoms with Crippen LogP contribution in [0.15, 0.2) is 47.4 Å². The smallest absolute Gasteiger partial charge is 0.378 e. The summed E-state index contributed by atoms with van der Waals surface area (Å²) in [6.07, 6.45) is -4.64. The van der Waals surface area contributed by atoms with Crippen LogP contribution in [0.4, 0.5) is 28.9 Å². The van der Waals surface area contributed by atoms with Crippen molar-refractivity contribution in [3.05, 3.63) is 53.8 Å². The Balaban J connectivity index is 1.91. The van der Waals surface area contributed by atoms with Gasteiger partial charge in [0, 0.05) is 13.1 Å². The lowest BCUT2D eigenvalue weighted by molar-refractivity contribution is -0.137. The van der Waals surface area contributed by atoms with Gasteiger partial charge in [0.15, 0.2) is 9.84 Å². The molecule has 1 amide bonds. The molecule has 1 unspecified atom stereocenters. The van der Waals surface area contributed by atoms with Crippen molar-refractivity contribution in [2.24, 2.45) is 0 Å². The maximum absolute atomic E-state index is 13.2. The summed E-state index contributed by atoms with van der Waals surface area (Å²) >= 11 is 0. The number of rotatable bonds is 5. The molecule has 1 N–H and O–H groups in total.